The van der Waals surface area contributed by atoms with Crippen LogP contribution >= 0.6 is 0 Å². The van der Waals surface area contributed by atoms with Crippen molar-refractivity contribution in [2.45, 2.75) is 25.9 Å². The molecule has 0 spiro atoms. The summed E-state index contributed by atoms with van der Waals surface area (Å²) in [6, 6.07) is 9.39. The number of hydrogen-bond acceptors (Lipinski definition) is 4. The third-order valence-corrected chi connectivity index (χ3v) is 4.45. The zero-order chi connectivity index (χ0) is 17.5. The van der Waals surface area contributed by atoms with Crippen LogP contribution in [0.3, 0.4) is 0 Å². The highest BCUT2D eigenvalue weighted by Gasteiger charge is 2.24. The second-order valence-electron chi connectivity index (χ2n) is 6.23. The third kappa shape index (κ3) is 5.04. The largest absolute Gasteiger partial charge is 0.378 e. The molecular formula is C18H27N3O3. The zero-order valence-corrected chi connectivity index (χ0v) is 14.7. The van der Waals surface area contributed by atoms with Gasteiger partial charge in [-0.1, -0.05) is 30.3 Å². The lowest BCUT2D eigenvalue weighted by molar-refractivity contribution is -0.137. The number of hydrogen-bond donors (Lipinski definition) is 1. The number of nitrogens with one attached hydrogen (secondary N) is 1. The third-order valence-electron chi connectivity index (χ3n) is 4.45. The predicted octanol–water partition coefficient (Wildman–Crippen LogP) is 1.04. The van der Waals surface area contributed by atoms with Crippen LogP contribution in [0.2, 0.25) is 0 Å². The average Bonchev–Trinajstić information content (AvgIpc) is 2.62. The van der Waals surface area contributed by atoms with Gasteiger partial charge in [0.15, 0.2) is 0 Å². The fraction of sp³-hybridized carbons (Fsp3) is 0.556. The first-order chi connectivity index (χ1) is 11.5. The Kier molecular flexibility index (Phi) is 6.75. The molecule has 1 saturated heterocycles. The fourth-order valence-electron chi connectivity index (χ4n) is 2.62. The summed E-state index contributed by atoms with van der Waals surface area (Å²) in [5, 5.41) is 3.00. The monoisotopic (exact) mass is 333 g/mol. The van der Waals surface area contributed by atoms with Crippen LogP contribution in [0.15, 0.2) is 30.3 Å². The normalized spacial score (nSPS) is 17.4. The van der Waals surface area contributed by atoms with Crippen LogP contribution in [0.25, 0.3) is 0 Å². The highest BCUT2D eigenvalue weighted by Crippen LogP contribution is 2.12. The van der Waals surface area contributed by atoms with Crippen LogP contribution in [-0.4, -0.2) is 67.6 Å². The van der Waals surface area contributed by atoms with Crippen molar-refractivity contribution in [1.82, 2.24) is 15.1 Å². The van der Waals surface area contributed by atoms with Gasteiger partial charge < -0.3 is 15.0 Å². The summed E-state index contributed by atoms with van der Waals surface area (Å²) in [4.78, 5) is 28.3. The Bertz CT molecular complexity index is 544. The molecule has 132 valence electrons. The first-order valence-corrected chi connectivity index (χ1v) is 8.40. The van der Waals surface area contributed by atoms with E-state index in [0.717, 1.165) is 5.56 Å². The minimum atomic E-state index is -0.374. The van der Waals surface area contributed by atoms with Crippen molar-refractivity contribution < 1.29 is 14.3 Å². The molecule has 6 nitrogen and oxygen atoms in total. The summed E-state index contributed by atoms with van der Waals surface area (Å²) in [6.07, 6.45) is 0. The van der Waals surface area contributed by atoms with Crippen molar-refractivity contribution in [2.75, 3.05) is 39.9 Å². The molecule has 1 fully saturated rings. The Morgan fingerprint density at radius 3 is 2.46 bits per heavy atom. The maximum Gasteiger partial charge on any atom is 0.237 e. The quantitative estimate of drug-likeness (QED) is 0.845. The SMILES string of the molecule is CC(NC(=O)C(C)N(C)CC(=O)N1CCOCC1)c1ccccc1. The maximum absolute atomic E-state index is 12.4. The van der Waals surface area contributed by atoms with Crippen LogP contribution in [-0.2, 0) is 14.3 Å². The van der Waals surface area contributed by atoms with E-state index in [0.29, 0.717) is 26.3 Å². The van der Waals surface area contributed by atoms with Crippen LogP contribution in [0.5, 0.6) is 0 Å². The number of morpholine rings is 1. The van der Waals surface area contributed by atoms with Gasteiger partial charge >= 0.3 is 0 Å². The van der Waals surface area contributed by atoms with E-state index < -0.39 is 0 Å². The lowest BCUT2D eigenvalue weighted by atomic mass is 10.1. The molecule has 1 aromatic rings. The molecule has 0 bridgehead atoms. The minimum absolute atomic E-state index is 0.0385. The van der Waals surface area contributed by atoms with Gasteiger partial charge in [-0.15, -0.1) is 0 Å². The molecule has 1 aliphatic rings. The van der Waals surface area contributed by atoms with Gasteiger partial charge in [0.25, 0.3) is 0 Å². The molecule has 24 heavy (non-hydrogen) atoms. The number of nitrogens with zero attached hydrogens (tertiary/aromatic N) is 2. The first-order valence-electron chi connectivity index (χ1n) is 8.40. The van der Waals surface area contributed by atoms with E-state index in [-0.39, 0.29) is 30.4 Å². The van der Waals surface area contributed by atoms with Crippen LogP contribution in [0.4, 0.5) is 0 Å². The van der Waals surface area contributed by atoms with E-state index >= 15 is 0 Å². The van der Waals surface area contributed by atoms with Crippen LogP contribution in [0.1, 0.15) is 25.5 Å². The molecule has 2 amide bonds. The second kappa shape index (κ2) is 8.80. The van der Waals surface area contributed by atoms with Gasteiger partial charge in [0.05, 0.1) is 31.8 Å². The summed E-state index contributed by atoms with van der Waals surface area (Å²) >= 11 is 0. The van der Waals surface area contributed by atoms with Crippen molar-refractivity contribution in [3.05, 3.63) is 35.9 Å². The van der Waals surface area contributed by atoms with E-state index in [1.807, 2.05) is 44.2 Å². The smallest absolute Gasteiger partial charge is 0.237 e. The number of rotatable bonds is 6. The van der Waals surface area contributed by atoms with Crippen molar-refractivity contribution >= 4 is 11.8 Å². The van der Waals surface area contributed by atoms with Gasteiger partial charge in [-0.2, -0.15) is 0 Å². The summed E-state index contributed by atoms with van der Waals surface area (Å²) in [5.74, 6) is -0.0415. The van der Waals surface area contributed by atoms with Crippen LogP contribution in [0, 0.1) is 0 Å². The van der Waals surface area contributed by atoms with Gasteiger partial charge in [-0.3, -0.25) is 14.5 Å². The summed E-state index contributed by atoms with van der Waals surface area (Å²) in [5.41, 5.74) is 1.06. The Morgan fingerprint density at radius 2 is 1.83 bits per heavy atom. The molecule has 1 heterocycles. The topological polar surface area (TPSA) is 61.9 Å². The standard InChI is InChI=1S/C18H27N3O3/c1-14(16-7-5-4-6-8-16)19-18(23)15(2)20(3)13-17(22)21-9-11-24-12-10-21/h4-8,14-15H,9-13H2,1-3H3,(H,19,23). The molecule has 2 atom stereocenters. The van der Waals surface area contributed by atoms with E-state index in [2.05, 4.69) is 5.32 Å². The summed E-state index contributed by atoms with van der Waals surface area (Å²) in [7, 11) is 1.80. The van der Waals surface area contributed by atoms with Gasteiger partial charge in [0, 0.05) is 13.1 Å². The van der Waals surface area contributed by atoms with E-state index in [9.17, 15) is 9.59 Å². The molecule has 0 aromatic heterocycles. The molecule has 6 heteroatoms. The van der Waals surface area contributed by atoms with E-state index in [1.54, 1.807) is 16.8 Å². The van der Waals surface area contributed by atoms with Crippen molar-refractivity contribution in [1.29, 1.82) is 0 Å². The Balaban J connectivity index is 1.84. The number of ether oxygens (including phenoxy) is 1. The van der Waals surface area contributed by atoms with Gasteiger partial charge in [0.2, 0.25) is 11.8 Å². The van der Waals surface area contributed by atoms with Crippen molar-refractivity contribution in [3.63, 3.8) is 0 Å². The van der Waals surface area contributed by atoms with Crippen molar-refractivity contribution in [3.8, 4) is 0 Å². The minimum Gasteiger partial charge on any atom is -0.378 e. The lowest BCUT2D eigenvalue weighted by Gasteiger charge is -2.30. The molecule has 2 unspecified atom stereocenters. The maximum atomic E-state index is 12.4. The number of benzene rings is 1. The van der Waals surface area contributed by atoms with Crippen molar-refractivity contribution in [2.24, 2.45) is 0 Å². The lowest BCUT2D eigenvalue weighted by Crippen LogP contribution is -2.50. The Hall–Kier alpha value is -1.92. The van der Waals surface area contributed by atoms with E-state index in [4.69, 9.17) is 4.74 Å². The number of likely N-dealkylation sites (N-methyl/N-ethyl adjacent to an activating group) is 1. The molecular weight excluding hydrogens is 306 g/mol. The number of carbonyl (C=O) groups is 2. The summed E-state index contributed by atoms with van der Waals surface area (Å²) < 4.78 is 5.25. The second-order valence-corrected chi connectivity index (χ2v) is 6.23. The molecule has 2 rings (SSSR count). The molecule has 0 aliphatic carbocycles. The zero-order valence-electron chi connectivity index (χ0n) is 14.7. The fourth-order valence-corrected chi connectivity index (χ4v) is 2.62. The van der Waals surface area contributed by atoms with Gasteiger partial charge in [-0.05, 0) is 26.5 Å². The van der Waals surface area contributed by atoms with Crippen LogP contribution < -0.4 is 5.32 Å². The molecule has 0 radical (unpaired) electrons. The Morgan fingerprint density at radius 1 is 1.21 bits per heavy atom. The highest BCUT2D eigenvalue weighted by molar-refractivity contribution is 5.83. The molecule has 1 aromatic carbocycles. The molecule has 1 N–H and O–H groups in total. The van der Waals surface area contributed by atoms with Gasteiger partial charge in [0.1, 0.15) is 0 Å². The van der Waals surface area contributed by atoms with Gasteiger partial charge in [-0.25, -0.2) is 0 Å². The Labute approximate surface area is 143 Å². The van der Waals surface area contributed by atoms with E-state index in [1.165, 1.54) is 0 Å². The first kappa shape index (κ1) is 18.4. The number of carbonyl (C=O) groups excluding carboxylic acids is 2. The molecule has 0 saturated carbocycles. The highest BCUT2D eigenvalue weighted by atomic mass is 16.5. The molecule has 1 aliphatic heterocycles. The average molecular weight is 333 g/mol. The number of amides is 2. The predicted molar refractivity (Wildman–Crippen MR) is 92.5 cm³/mol. The summed E-state index contributed by atoms with van der Waals surface area (Å²) in [6.45, 7) is 6.42.